The van der Waals surface area contributed by atoms with E-state index in [1.807, 2.05) is 36.5 Å². The molecule has 0 atom stereocenters. The second-order valence-corrected chi connectivity index (χ2v) is 5.77. The van der Waals surface area contributed by atoms with Crippen LogP contribution < -0.4 is 5.06 Å². The van der Waals surface area contributed by atoms with Crippen LogP contribution in [0.1, 0.15) is 22.3 Å². The Balaban J connectivity index is 1.90. The highest BCUT2D eigenvalue weighted by Gasteiger charge is 2.19. The predicted molar refractivity (Wildman–Crippen MR) is 98.9 cm³/mol. The molecule has 0 unspecified atom stereocenters. The molecule has 26 heavy (non-hydrogen) atoms. The molecule has 1 heterocycles. The molecule has 0 aliphatic heterocycles. The molecule has 6 nitrogen and oxygen atoms in total. The Hall–Kier alpha value is -3.12. The summed E-state index contributed by atoms with van der Waals surface area (Å²) in [4.78, 5) is 32.7. The Morgan fingerprint density at radius 2 is 1.85 bits per heavy atom. The molecule has 0 fully saturated rings. The van der Waals surface area contributed by atoms with Crippen molar-refractivity contribution in [3.8, 4) is 0 Å². The predicted octanol–water partition coefficient (Wildman–Crippen LogP) is 3.48. The van der Waals surface area contributed by atoms with Gasteiger partial charge in [0, 0.05) is 29.1 Å². The molecule has 134 valence electrons. The number of carbonyl (C=O) groups is 2. The number of nitrogens with one attached hydrogen (secondary N) is 1. The number of amides is 1. The number of hydrogen-bond donors (Lipinski definition) is 1. The van der Waals surface area contributed by atoms with Gasteiger partial charge in [-0.05, 0) is 42.3 Å². The fourth-order valence-corrected chi connectivity index (χ4v) is 2.84. The average Bonchev–Trinajstić information content (AvgIpc) is 3.09. The third-order valence-electron chi connectivity index (χ3n) is 4.20. The summed E-state index contributed by atoms with van der Waals surface area (Å²) < 4.78 is 4.69. The average molecular weight is 352 g/mol. The Bertz CT molecular complexity index is 918. The number of aromatic nitrogens is 1. The number of nitrogens with zero attached hydrogens (tertiary/aromatic N) is 1. The lowest BCUT2D eigenvalue weighted by molar-refractivity contribution is -0.140. The molecule has 0 radical (unpaired) electrons. The number of carbonyl (C=O) groups excluding carboxylic acids is 2. The number of hydrogen-bond acceptors (Lipinski definition) is 4. The van der Waals surface area contributed by atoms with Gasteiger partial charge < -0.3 is 9.72 Å². The Morgan fingerprint density at radius 3 is 2.54 bits per heavy atom. The summed E-state index contributed by atoms with van der Waals surface area (Å²) in [5, 5.41) is 2.16. The minimum atomic E-state index is -0.263. The van der Waals surface area contributed by atoms with Crippen molar-refractivity contribution in [2.75, 3.05) is 19.3 Å². The van der Waals surface area contributed by atoms with Crippen LogP contribution in [-0.4, -0.2) is 31.1 Å². The van der Waals surface area contributed by atoms with Crippen molar-refractivity contribution in [1.82, 2.24) is 4.98 Å². The standard InChI is InChI=1S/C20H20N2O4/c1-25-19(23)11-9-15-13-21-18-10-8-14(12-17(15)18)20(24)22(26-2)16-6-4-3-5-7-16/h3-8,10,12-13,21H,9,11H2,1-2H3. The summed E-state index contributed by atoms with van der Waals surface area (Å²) in [6.45, 7) is 0. The quantitative estimate of drug-likeness (QED) is 0.545. The lowest BCUT2D eigenvalue weighted by Gasteiger charge is -2.19. The minimum absolute atomic E-state index is 0.263. The highest BCUT2D eigenvalue weighted by Crippen LogP contribution is 2.24. The highest BCUT2D eigenvalue weighted by atomic mass is 16.7. The van der Waals surface area contributed by atoms with Gasteiger partial charge in [0.05, 0.1) is 19.9 Å². The molecule has 6 heteroatoms. The van der Waals surface area contributed by atoms with E-state index >= 15 is 0 Å². The zero-order valence-electron chi connectivity index (χ0n) is 14.7. The molecule has 0 aliphatic carbocycles. The molecule has 0 aliphatic rings. The fraction of sp³-hybridized carbons (Fsp3) is 0.200. The van der Waals surface area contributed by atoms with E-state index in [0.717, 1.165) is 16.5 Å². The van der Waals surface area contributed by atoms with Crippen molar-refractivity contribution < 1.29 is 19.2 Å². The number of aryl methyl sites for hydroxylation is 1. The van der Waals surface area contributed by atoms with Crippen LogP contribution in [-0.2, 0) is 20.8 Å². The number of ether oxygens (including phenoxy) is 1. The Morgan fingerprint density at radius 1 is 1.08 bits per heavy atom. The molecule has 0 bridgehead atoms. The van der Waals surface area contributed by atoms with Gasteiger partial charge in [-0.25, -0.2) is 0 Å². The van der Waals surface area contributed by atoms with Crippen molar-refractivity contribution in [2.24, 2.45) is 0 Å². The third-order valence-corrected chi connectivity index (χ3v) is 4.20. The van der Waals surface area contributed by atoms with E-state index in [9.17, 15) is 9.59 Å². The van der Waals surface area contributed by atoms with Crippen LogP contribution in [0.25, 0.3) is 10.9 Å². The van der Waals surface area contributed by atoms with Crippen LogP contribution >= 0.6 is 0 Å². The molecule has 0 saturated carbocycles. The number of esters is 1. The first-order chi connectivity index (χ1) is 12.6. The number of rotatable bonds is 6. The monoisotopic (exact) mass is 352 g/mol. The maximum absolute atomic E-state index is 12.9. The van der Waals surface area contributed by atoms with Gasteiger partial charge in [0.15, 0.2) is 0 Å². The number of H-pyrrole nitrogens is 1. The van der Waals surface area contributed by atoms with Crippen LogP contribution in [0, 0.1) is 0 Å². The van der Waals surface area contributed by atoms with E-state index in [1.165, 1.54) is 19.3 Å². The van der Waals surface area contributed by atoms with Crippen LogP contribution in [0.2, 0.25) is 0 Å². The minimum Gasteiger partial charge on any atom is -0.469 e. The first-order valence-corrected chi connectivity index (χ1v) is 8.24. The first kappa shape index (κ1) is 17.7. The van der Waals surface area contributed by atoms with Crippen molar-refractivity contribution in [3.05, 3.63) is 65.9 Å². The van der Waals surface area contributed by atoms with Gasteiger partial charge in [-0.1, -0.05) is 18.2 Å². The highest BCUT2D eigenvalue weighted by molar-refractivity contribution is 6.06. The van der Waals surface area contributed by atoms with E-state index in [1.54, 1.807) is 18.2 Å². The topological polar surface area (TPSA) is 71.6 Å². The van der Waals surface area contributed by atoms with Gasteiger partial charge in [-0.3, -0.25) is 14.4 Å². The number of methoxy groups -OCH3 is 1. The largest absolute Gasteiger partial charge is 0.469 e. The Labute approximate surface area is 151 Å². The summed E-state index contributed by atoms with van der Waals surface area (Å²) in [6.07, 6.45) is 2.68. The van der Waals surface area contributed by atoms with Crippen molar-refractivity contribution in [3.63, 3.8) is 0 Å². The number of para-hydroxylation sites is 1. The van der Waals surface area contributed by atoms with Crippen molar-refractivity contribution >= 4 is 28.5 Å². The van der Waals surface area contributed by atoms with Crippen LogP contribution in [0.5, 0.6) is 0 Å². The molecular formula is C20H20N2O4. The second kappa shape index (κ2) is 7.84. The van der Waals surface area contributed by atoms with Crippen molar-refractivity contribution in [1.29, 1.82) is 0 Å². The lowest BCUT2D eigenvalue weighted by Crippen LogP contribution is -2.29. The maximum Gasteiger partial charge on any atom is 0.305 e. The zero-order valence-corrected chi connectivity index (χ0v) is 14.7. The van der Waals surface area contributed by atoms with Gasteiger partial charge >= 0.3 is 5.97 Å². The van der Waals surface area contributed by atoms with Crippen LogP contribution in [0.15, 0.2) is 54.7 Å². The van der Waals surface area contributed by atoms with Crippen LogP contribution in [0.3, 0.4) is 0 Å². The SMILES string of the molecule is COC(=O)CCc1c[nH]c2ccc(C(=O)N(OC)c3ccccc3)cc12. The van der Waals surface area contributed by atoms with Crippen molar-refractivity contribution in [2.45, 2.75) is 12.8 Å². The van der Waals surface area contributed by atoms with E-state index in [0.29, 0.717) is 17.7 Å². The molecule has 1 amide bonds. The summed E-state index contributed by atoms with van der Waals surface area (Å²) >= 11 is 0. The zero-order chi connectivity index (χ0) is 18.5. The molecule has 0 spiro atoms. The molecular weight excluding hydrogens is 332 g/mol. The molecule has 1 aromatic heterocycles. The normalized spacial score (nSPS) is 10.7. The van der Waals surface area contributed by atoms with Crippen LogP contribution in [0.4, 0.5) is 5.69 Å². The van der Waals surface area contributed by atoms with Gasteiger partial charge in [-0.15, -0.1) is 0 Å². The lowest BCUT2D eigenvalue weighted by atomic mass is 10.1. The molecule has 1 N–H and O–H groups in total. The smallest absolute Gasteiger partial charge is 0.305 e. The first-order valence-electron chi connectivity index (χ1n) is 8.24. The fourth-order valence-electron chi connectivity index (χ4n) is 2.84. The number of aromatic amines is 1. The number of fused-ring (bicyclic) bond motifs is 1. The Kier molecular flexibility index (Phi) is 5.34. The van der Waals surface area contributed by atoms with Gasteiger partial charge in [0.2, 0.25) is 0 Å². The summed E-state index contributed by atoms with van der Waals surface area (Å²) in [6, 6.07) is 14.6. The van der Waals surface area contributed by atoms with E-state index in [2.05, 4.69) is 4.98 Å². The summed E-state index contributed by atoms with van der Waals surface area (Å²) in [5.41, 5.74) is 3.02. The molecule has 2 aromatic carbocycles. The number of hydroxylamine groups is 1. The number of benzene rings is 2. The number of anilines is 1. The van der Waals surface area contributed by atoms with Gasteiger partial charge in [0.25, 0.3) is 5.91 Å². The maximum atomic E-state index is 12.9. The molecule has 3 rings (SSSR count). The van der Waals surface area contributed by atoms with E-state index in [-0.39, 0.29) is 18.3 Å². The second-order valence-electron chi connectivity index (χ2n) is 5.77. The van der Waals surface area contributed by atoms with E-state index in [4.69, 9.17) is 9.57 Å². The molecule has 3 aromatic rings. The van der Waals surface area contributed by atoms with Gasteiger partial charge in [0.1, 0.15) is 0 Å². The summed E-state index contributed by atoms with van der Waals surface area (Å²) in [5.74, 6) is -0.526. The molecule has 0 saturated heterocycles. The van der Waals surface area contributed by atoms with E-state index < -0.39 is 0 Å². The van der Waals surface area contributed by atoms with Gasteiger partial charge in [-0.2, -0.15) is 5.06 Å². The summed E-state index contributed by atoms with van der Waals surface area (Å²) in [7, 11) is 2.83. The third kappa shape index (κ3) is 3.60.